The number of phenols is 1. The Bertz CT molecular complexity index is 1280. The lowest BCUT2D eigenvalue weighted by molar-refractivity contribution is -0.167. The van der Waals surface area contributed by atoms with Crippen LogP contribution in [-0.2, 0) is 18.0 Å². The van der Waals surface area contributed by atoms with Crippen molar-refractivity contribution in [3.8, 4) is 17.2 Å². The number of alkyl halides is 3. The Morgan fingerprint density at radius 3 is 2.72 bits per heavy atom. The lowest BCUT2D eigenvalue weighted by Crippen LogP contribution is -2.76. The molecule has 0 radical (unpaired) electrons. The van der Waals surface area contributed by atoms with E-state index in [-0.39, 0.29) is 17.5 Å². The first-order chi connectivity index (χ1) is 17.2. The summed E-state index contributed by atoms with van der Waals surface area (Å²) in [6.07, 6.45) is -0.840. The number of hydrogen-bond donors (Lipinski definition) is 2. The van der Waals surface area contributed by atoms with E-state index >= 15 is 0 Å². The molecule has 0 amide bonds. The molecule has 3 aliphatic carbocycles. The first kappa shape index (κ1) is 22.4. The van der Waals surface area contributed by atoms with Crippen molar-refractivity contribution in [2.45, 2.75) is 67.9 Å². The Kier molecular flexibility index (Phi) is 4.60. The van der Waals surface area contributed by atoms with Crippen molar-refractivity contribution in [2.24, 2.45) is 11.1 Å². The van der Waals surface area contributed by atoms with Crippen LogP contribution in [0.5, 0.6) is 17.2 Å². The Labute approximate surface area is 206 Å². The SMILES string of the molecule is Oc1ccc2c3c1O[C@H]1/C(=N/Oc4ccccc4C(F)(F)F)CC[C@@]4(O)[C@@H](C2)N(CC2CC2)CC[C@]314. The molecule has 0 unspecified atom stereocenters. The molecule has 1 spiro atoms. The van der Waals surface area contributed by atoms with E-state index in [1.54, 1.807) is 6.07 Å². The Morgan fingerprint density at radius 1 is 1.14 bits per heavy atom. The number of halogens is 3. The molecular formula is C27H27F3N2O4. The van der Waals surface area contributed by atoms with Gasteiger partial charge in [-0.2, -0.15) is 13.2 Å². The third-order valence-corrected chi connectivity index (χ3v) is 9.03. The summed E-state index contributed by atoms with van der Waals surface area (Å²) in [6.45, 7) is 1.75. The fourth-order valence-electron chi connectivity index (χ4n) is 7.26. The number of rotatable bonds is 4. The van der Waals surface area contributed by atoms with Gasteiger partial charge in [-0.3, -0.25) is 4.90 Å². The molecule has 4 atom stereocenters. The maximum absolute atomic E-state index is 13.5. The molecule has 9 heteroatoms. The molecule has 0 aromatic heterocycles. The molecule has 2 aromatic rings. The van der Waals surface area contributed by atoms with Crippen LogP contribution in [0.15, 0.2) is 41.6 Å². The second-order valence-electron chi connectivity index (χ2n) is 10.9. The highest BCUT2D eigenvalue weighted by atomic mass is 19.4. The van der Waals surface area contributed by atoms with Gasteiger partial charge >= 0.3 is 6.18 Å². The van der Waals surface area contributed by atoms with Gasteiger partial charge in [-0.25, -0.2) is 0 Å². The van der Waals surface area contributed by atoms with Crippen molar-refractivity contribution in [1.82, 2.24) is 4.90 Å². The Balaban J connectivity index is 1.31. The van der Waals surface area contributed by atoms with Crippen molar-refractivity contribution < 1.29 is 33.0 Å². The minimum atomic E-state index is -4.58. The van der Waals surface area contributed by atoms with Gasteiger partial charge in [0, 0.05) is 18.2 Å². The number of benzene rings is 2. The molecule has 7 rings (SSSR count). The summed E-state index contributed by atoms with van der Waals surface area (Å²) < 4.78 is 46.8. The average Bonchev–Trinajstić information content (AvgIpc) is 3.58. The van der Waals surface area contributed by atoms with E-state index in [0.29, 0.717) is 43.1 Å². The second kappa shape index (κ2) is 7.38. The molecule has 2 saturated carbocycles. The smallest absolute Gasteiger partial charge is 0.420 e. The summed E-state index contributed by atoms with van der Waals surface area (Å²) >= 11 is 0. The molecule has 2 heterocycles. The monoisotopic (exact) mass is 500 g/mol. The molecule has 2 aromatic carbocycles. The lowest BCUT2D eigenvalue weighted by Gasteiger charge is -2.63. The van der Waals surface area contributed by atoms with Gasteiger partial charge in [-0.1, -0.05) is 23.4 Å². The normalized spacial score (nSPS) is 33.8. The predicted octanol–water partition coefficient (Wildman–Crippen LogP) is 4.41. The van der Waals surface area contributed by atoms with E-state index in [2.05, 4.69) is 10.1 Å². The standard InChI is InChI=1S/C27H27F3N2O4/c28-27(29,30)17-3-1-2-4-20(17)36-31-18-9-10-26(34)21-13-16-7-8-19(33)23-22(16)25(26,24(18)35-23)11-12-32(21)14-15-5-6-15/h1-4,7-8,15,21,24,33-34H,5-6,9-14H2/b31-18+/t21-,24+,25+,26-/m1/s1. The summed E-state index contributed by atoms with van der Waals surface area (Å²) in [7, 11) is 0. The number of nitrogens with zero attached hydrogens (tertiary/aromatic N) is 2. The average molecular weight is 501 g/mol. The number of phenolic OH excluding ortho intramolecular Hbond substituents is 1. The topological polar surface area (TPSA) is 74.5 Å². The van der Waals surface area contributed by atoms with Gasteiger partial charge < -0.3 is 19.8 Å². The van der Waals surface area contributed by atoms with Crippen LogP contribution < -0.4 is 9.57 Å². The van der Waals surface area contributed by atoms with E-state index in [0.717, 1.165) is 30.3 Å². The van der Waals surface area contributed by atoms with Gasteiger partial charge in [0.15, 0.2) is 23.4 Å². The minimum absolute atomic E-state index is 0.00132. The Hall–Kier alpha value is -2.78. The molecule has 2 aliphatic heterocycles. The fraction of sp³-hybridized carbons (Fsp3) is 0.519. The van der Waals surface area contributed by atoms with Crippen LogP contribution in [0, 0.1) is 5.92 Å². The molecule has 36 heavy (non-hydrogen) atoms. The minimum Gasteiger partial charge on any atom is -0.504 e. The van der Waals surface area contributed by atoms with Gasteiger partial charge in [0.1, 0.15) is 5.56 Å². The second-order valence-corrected chi connectivity index (χ2v) is 10.9. The highest BCUT2D eigenvalue weighted by Crippen LogP contribution is 2.65. The summed E-state index contributed by atoms with van der Waals surface area (Å²) in [5, 5.41) is 27.3. The number of oxime groups is 1. The largest absolute Gasteiger partial charge is 0.504 e. The summed E-state index contributed by atoms with van der Waals surface area (Å²) in [5.74, 6) is 0.658. The molecule has 6 nitrogen and oxygen atoms in total. The van der Waals surface area contributed by atoms with E-state index in [9.17, 15) is 23.4 Å². The molecule has 5 aliphatic rings. The first-order valence-corrected chi connectivity index (χ1v) is 12.6. The number of ether oxygens (including phenoxy) is 1. The van der Waals surface area contributed by atoms with Crippen molar-refractivity contribution in [2.75, 3.05) is 13.1 Å². The third kappa shape index (κ3) is 2.96. The maximum atomic E-state index is 13.5. The number of aromatic hydroxyl groups is 1. The van der Waals surface area contributed by atoms with Crippen molar-refractivity contribution >= 4 is 5.71 Å². The summed E-state index contributed by atoms with van der Waals surface area (Å²) in [6, 6.07) is 8.43. The summed E-state index contributed by atoms with van der Waals surface area (Å²) in [4.78, 5) is 7.83. The highest BCUT2D eigenvalue weighted by Gasteiger charge is 2.72. The number of para-hydroxylation sites is 1. The van der Waals surface area contributed by atoms with Gasteiger partial charge in [0.25, 0.3) is 0 Å². The lowest BCUT2D eigenvalue weighted by atomic mass is 9.49. The van der Waals surface area contributed by atoms with E-state index < -0.39 is 28.9 Å². The quantitative estimate of drug-likeness (QED) is 0.609. The summed E-state index contributed by atoms with van der Waals surface area (Å²) in [5.41, 5.74) is -0.496. The number of piperidine rings is 1. The number of hydrogen-bond acceptors (Lipinski definition) is 6. The van der Waals surface area contributed by atoms with Crippen LogP contribution in [0.4, 0.5) is 13.2 Å². The van der Waals surface area contributed by atoms with Crippen molar-refractivity contribution in [3.05, 3.63) is 53.1 Å². The molecular weight excluding hydrogens is 473 g/mol. The zero-order chi connectivity index (χ0) is 24.9. The van der Waals surface area contributed by atoms with Crippen LogP contribution in [0.25, 0.3) is 0 Å². The zero-order valence-corrected chi connectivity index (χ0v) is 19.6. The predicted molar refractivity (Wildman–Crippen MR) is 124 cm³/mol. The van der Waals surface area contributed by atoms with Crippen LogP contribution in [0.2, 0.25) is 0 Å². The number of likely N-dealkylation sites (tertiary alicyclic amines) is 1. The molecule has 2 N–H and O–H groups in total. The van der Waals surface area contributed by atoms with Crippen molar-refractivity contribution in [3.63, 3.8) is 0 Å². The Morgan fingerprint density at radius 2 is 1.94 bits per heavy atom. The van der Waals surface area contributed by atoms with Gasteiger partial charge in [0.05, 0.1) is 16.7 Å². The van der Waals surface area contributed by atoms with Gasteiger partial charge in [0.2, 0.25) is 0 Å². The third-order valence-electron chi connectivity index (χ3n) is 9.03. The van der Waals surface area contributed by atoms with Crippen LogP contribution >= 0.6 is 0 Å². The van der Waals surface area contributed by atoms with Crippen LogP contribution in [0.3, 0.4) is 0 Å². The molecule has 190 valence electrons. The zero-order valence-electron chi connectivity index (χ0n) is 19.6. The number of aliphatic hydroxyl groups is 1. The van der Waals surface area contributed by atoms with E-state index in [1.807, 2.05) is 6.07 Å². The molecule has 3 fully saturated rings. The van der Waals surface area contributed by atoms with Crippen LogP contribution in [0.1, 0.15) is 48.8 Å². The van der Waals surface area contributed by atoms with E-state index in [4.69, 9.17) is 9.57 Å². The van der Waals surface area contributed by atoms with Gasteiger partial charge in [-0.05, 0) is 74.8 Å². The molecule has 2 bridgehead atoms. The van der Waals surface area contributed by atoms with Crippen LogP contribution in [-0.4, -0.2) is 51.7 Å². The van der Waals surface area contributed by atoms with E-state index in [1.165, 1.54) is 31.0 Å². The van der Waals surface area contributed by atoms with Gasteiger partial charge in [-0.15, -0.1) is 0 Å². The molecule has 1 saturated heterocycles. The fourth-order valence-corrected chi connectivity index (χ4v) is 7.26. The maximum Gasteiger partial charge on any atom is 0.420 e. The van der Waals surface area contributed by atoms with Crippen molar-refractivity contribution in [1.29, 1.82) is 0 Å². The first-order valence-electron chi connectivity index (χ1n) is 12.6. The highest BCUT2D eigenvalue weighted by molar-refractivity contribution is 5.94.